The van der Waals surface area contributed by atoms with Crippen molar-refractivity contribution in [1.29, 1.82) is 0 Å². The van der Waals surface area contributed by atoms with Crippen LogP contribution in [0.4, 0.5) is 0 Å². The molecule has 0 aliphatic carbocycles. The SMILES string of the molecule is COc1cc(OC)cc(/C(=C/C(C)(C)C)c2ccc(C)cc2)c1. The van der Waals surface area contributed by atoms with Gasteiger partial charge in [0.25, 0.3) is 0 Å². The molecule has 0 aromatic heterocycles. The molecule has 2 nitrogen and oxygen atoms in total. The summed E-state index contributed by atoms with van der Waals surface area (Å²) in [5.74, 6) is 1.59. The summed E-state index contributed by atoms with van der Waals surface area (Å²) in [6, 6.07) is 14.6. The van der Waals surface area contributed by atoms with Crippen LogP contribution in [0, 0.1) is 12.3 Å². The van der Waals surface area contributed by atoms with Crippen molar-refractivity contribution in [3.63, 3.8) is 0 Å². The zero-order valence-electron chi connectivity index (χ0n) is 14.9. The highest BCUT2D eigenvalue weighted by Gasteiger charge is 2.14. The minimum atomic E-state index is 0.0660. The molecule has 23 heavy (non-hydrogen) atoms. The third kappa shape index (κ3) is 4.62. The van der Waals surface area contributed by atoms with Gasteiger partial charge in [-0.05, 0) is 41.2 Å². The number of allylic oxidation sites excluding steroid dienone is 1. The van der Waals surface area contributed by atoms with Gasteiger partial charge in [0.2, 0.25) is 0 Å². The fourth-order valence-corrected chi connectivity index (χ4v) is 2.46. The van der Waals surface area contributed by atoms with Crippen LogP contribution in [0.1, 0.15) is 37.5 Å². The Morgan fingerprint density at radius 1 is 0.826 bits per heavy atom. The van der Waals surface area contributed by atoms with Crippen molar-refractivity contribution in [3.05, 3.63) is 65.2 Å². The first-order valence-corrected chi connectivity index (χ1v) is 7.86. The Hall–Kier alpha value is -2.22. The topological polar surface area (TPSA) is 18.5 Å². The van der Waals surface area contributed by atoms with Crippen molar-refractivity contribution in [2.45, 2.75) is 27.7 Å². The highest BCUT2D eigenvalue weighted by molar-refractivity contribution is 5.81. The Morgan fingerprint density at radius 3 is 1.78 bits per heavy atom. The average Bonchev–Trinajstić information content (AvgIpc) is 2.52. The van der Waals surface area contributed by atoms with Crippen molar-refractivity contribution in [2.24, 2.45) is 5.41 Å². The lowest BCUT2D eigenvalue weighted by Crippen LogP contribution is -2.03. The lowest BCUT2D eigenvalue weighted by atomic mass is 9.87. The van der Waals surface area contributed by atoms with Gasteiger partial charge in [0.1, 0.15) is 11.5 Å². The molecule has 0 bridgehead atoms. The second-order valence-electron chi connectivity index (χ2n) is 6.89. The highest BCUT2D eigenvalue weighted by atomic mass is 16.5. The van der Waals surface area contributed by atoms with Gasteiger partial charge in [-0.2, -0.15) is 0 Å². The van der Waals surface area contributed by atoms with Crippen LogP contribution in [-0.2, 0) is 0 Å². The summed E-state index contributed by atoms with van der Waals surface area (Å²) in [5, 5.41) is 0. The Morgan fingerprint density at radius 2 is 1.35 bits per heavy atom. The van der Waals surface area contributed by atoms with Gasteiger partial charge in [-0.3, -0.25) is 0 Å². The molecule has 0 amide bonds. The zero-order valence-corrected chi connectivity index (χ0v) is 14.9. The van der Waals surface area contributed by atoms with E-state index < -0.39 is 0 Å². The first kappa shape index (κ1) is 17.1. The molecule has 0 fully saturated rings. The van der Waals surface area contributed by atoms with E-state index in [2.05, 4.69) is 70.2 Å². The predicted octanol–water partition coefficient (Wildman–Crippen LogP) is 5.49. The Balaban J connectivity index is 2.63. The molecular formula is C21H26O2. The fourth-order valence-electron chi connectivity index (χ4n) is 2.46. The van der Waals surface area contributed by atoms with E-state index in [0.29, 0.717) is 0 Å². The van der Waals surface area contributed by atoms with Crippen LogP contribution < -0.4 is 9.47 Å². The van der Waals surface area contributed by atoms with Gasteiger partial charge in [0, 0.05) is 6.07 Å². The molecule has 0 saturated carbocycles. The summed E-state index contributed by atoms with van der Waals surface area (Å²) < 4.78 is 10.9. The van der Waals surface area contributed by atoms with E-state index >= 15 is 0 Å². The maximum absolute atomic E-state index is 5.43. The summed E-state index contributed by atoms with van der Waals surface area (Å²) in [5.41, 5.74) is 4.80. The fraction of sp³-hybridized carbons (Fsp3) is 0.333. The minimum absolute atomic E-state index is 0.0660. The number of hydrogen-bond donors (Lipinski definition) is 0. The predicted molar refractivity (Wildman–Crippen MR) is 97.3 cm³/mol. The van der Waals surface area contributed by atoms with Gasteiger partial charge in [0.05, 0.1) is 14.2 Å². The maximum Gasteiger partial charge on any atom is 0.123 e. The molecule has 2 rings (SSSR count). The van der Waals surface area contributed by atoms with E-state index in [9.17, 15) is 0 Å². The van der Waals surface area contributed by atoms with Crippen LogP contribution in [0.15, 0.2) is 48.5 Å². The van der Waals surface area contributed by atoms with Crippen molar-refractivity contribution < 1.29 is 9.47 Å². The highest BCUT2D eigenvalue weighted by Crippen LogP contribution is 2.34. The van der Waals surface area contributed by atoms with Crippen molar-refractivity contribution in [1.82, 2.24) is 0 Å². The number of aryl methyl sites for hydroxylation is 1. The first-order chi connectivity index (χ1) is 10.8. The van der Waals surface area contributed by atoms with E-state index in [-0.39, 0.29) is 5.41 Å². The van der Waals surface area contributed by atoms with E-state index in [1.807, 2.05) is 6.07 Å². The lowest BCUT2D eigenvalue weighted by Gasteiger charge is -2.18. The van der Waals surface area contributed by atoms with Crippen LogP contribution in [-0.4, -0.2) is 14.2 Å². The Kier molecular flexibility index (Phi) is 5.15. The van der Waals surface area contributed by atoms with E-state index in [4.69, 9.17) is 9.47 Å². The number of methoxy groups -OCH3 is 2. The van der Waals surface area contributed by atoms with Gasteiger partial charge in [-0.1, -0.05) is 56.7 Å². The number of ether oxygens (including phenoxy) is 2. The van der Waals surface area contributed by atoms with Crippen LogP contribution in [0.5, 0.6) is 11.5 Å². The molecule has 2 aromatic carbocycles. The second kappa shape index (κ2) is 6.91. The molecular weight excluding hydrogens is 284 g/mol. The van der Waals surface area contributed by atoms with Crippen LogP contribution in [0.3, 0.4) is 0 Å². The monoisotopic (exact) mass is 310 g/mol. The van der Waals surface area contributed by atoms with E-state index in [1.54, 1.807) is 14.2 Å². The molecule has 0 radical (unpaired) electrons. The van der Waals surface area contributed by atoms with Crippen LogP contribution in [0.2, 0.25) is 0 Å². The van der Waals surface area contributed by atoms with Crippen molar-refractivity contribution >= 4 is 5.57 Å². The molecule has 2 heteroatoms. The van der Waals surface area contributed by atoms with Crippen LogP contribution >= 0.6 is 0 Å². The van der Waals surface area contributed by atoms with E-state index in [0.717, 1.165) is 17.1 Å². The third-order valence-electron chi connectivity index (χ3n) is 3.60. The molecule has 122 valence electrons. The Labute approximate surface area is 139 Å². The number of hydrogen-bond acceptors (Lipinski definition) is 2. The van der Waals surface area contributed by atoms with Gasteiger partial charge in [-0.25, -0.2) is 0 Å². The third-order valence-corrected chi connectivity index (χ3v) is 3.60. The lowest BCUT2D eigenvalue weighted by molar-refractivity contribution is 0.394. The van der Waals surface area contributed by atoms with Gasteiger partial charge in [-0.15, -0.1) is 0 Å². The smallest absolute Gasteiger partial charge is 0.123 e. The molecule has 0 spiro atoms. The van der Waals surface area contributed by atoms with Gasteiger partial charge >= 0.3 is 0 Å². The molecule has 0 atom stereocenters. The largest absolute Gasteiger partial charge is 0.497 e. The minimum Gasteiger partial charge on any atom is -0.497 e. The van der Waals surface area contributed by atoms with E-state index in [1.165, 1.54) is 16.7 Å². The van der Waals surface area contributed by atoms with Gasteiger partial charge < -0.3 is 9.47 Å². The van der Waals surface area contributed by atoms with Crippen molar-refractivity contribution in [3.8, 4) is 11.5 Å². The summed E-state index contributed by atoms with van der Waals surface area (Å²) in [6.07, 6.45) is 2.30. The normalized spacial score (nSPS) is 12.2. The van der Waals surface area contributed by atoms with Crippen molar-refractivity contribution in [2.75, 3.05) is 14.2 Å². The van der Waals surface area contributed by atoms with Crippen LogP contribution in [0.25, 0.3) is 5.57 Å². The quantitative estimate of drug-likeness (QED) is 0.743. The zero-order chi connectivity index (χ0) is 17.0. The molecule has 2 aromatic rings. The maximum atomic E-state index is 5.43. The summed E-state index contributed by atoms with van der Waals surface area (Å²) in [4.78, 5) is 0. The molecule has 0 N–H and O–H groups in total. The summed E-state index contributed by atoms with van der Waals surface area (Å²) in [7, 11) is 3.36. The second-order valence-corrected chi connectivity index (χ2v) is 6.89. The standard InChI is InChI=1S/C21H26O2/c1-15-7-9-16(10-8-15)20(14-21(2,3)4)17-11-18(22-5)13-19(12-17)23-6/h7-14H,1-6H3/b20-14+. The Bertz CT molecular complexity index is 667. The average molecular weight is 310 g/mol. The molecule has 0 saturated heterocycles. The first-order valence-electron chi connectivity index (χ1n) is 7.86. The summed E-state index contributed by atoms with van der Waals surface area (Å²) >= 11 is 0. The molecule has 0 unspecified atom stereocenters. The molecule has 0 heterocycles. The number of benzene rings is 2. The molecule has 0 aliphatic heterocycles. The summed E-state index contributed by atoms with van der Waals surface area (Å²) in [6.45, 7) is 8.72. The van der Waals surface area contributed by atoms with Gasteiger partial charge in [0.15, 0.2) is 0 Å². The molecule has 0 aliphatic rings. The number of rotatable bonds is 4.